The summed E-state index contributed by atoms with van der Waals surface area (Å²) >= 11 is 0. The standard InChI is InChI=1S/C18H33N3/c1-3-11-19-17(10-9-16-7-5-6-8-16)15-18-20-12-14-21(18)13-4-2/h12,14,16-17,19H,3-11,13,15H2,1-2H3. The van der Waals surface area contributed by atoms with Crippen LogP contribution in [0.1, 0.15) is 71.0 Å². The van der Waals surface area contributed by atoms with Crippen molar-refractivity contribution in [3.8, 4) is 0 Å². The van der Waals surface area contributed by atoms with Crippen LogP contribution in [0.5, 0.6) is 0 Å². The van der Waals surface area contributed by atoms with E-state index in [1.165, 1.54) is 57.2 Å². The maximum Gasteiger partial charge on any atom is 0.110 e. The minimum Gasteiger partial charge on any atom is -0.335 e. The first-order valence-corrected chi connectivity index (χ1v) is 9.06. The minimum atomic E-state index is 0.601. The molecule has 1 saturated carbocycles. The quantitative estimate of drug-likeness (QED) is 0.701. The molecule has 3 heteroatoms. The third-order valence-electron chi connectivity index (χ3n) is 4.78. The number of imidazole rings is 1. The van der Waals surface area contributed by atoms with Crippen LogP contribution in [0.25, 0.3) is 0 Å². The molecule has 120 valence electrons. The maximum atomic E-state index is 4.59. The molecular formula is C18H33N3. The van der Waals surface area contributed by atoms with Crippen LogP contribution < -0.4 is 5.32 Å². The molecule has 21 heavy (non-hydrogen) atoms. The largest absolute Gasteiger partial charge is 0.335 e. The predicted octanol–water partition coefficient (Wildman–Crippen LogP) is 4.17. The number of aryl methyl sites for hydroxylation is 1. The smallest absolute Gasteiger partial charge is 0.110 e. The Labute approximate surface area is 130 Å². The third-order valence-corrected chi connectivity index (χ3v) is 4.78. The van der Waals surface area contributed by atoms with Crippen molar-refractivity contribution < 1.29 is 0 Å². The second kappa shape index (κ2) is 9.24. The molecule has 1 unspecified atom stereocenters. The fourth-order valence-corrected chi connectivity index (χ4v) is 3.56. The lowest BCUT2D eigenvalue weighted by atomic mass is 9.97. The maximum absolute atomic E-state index is 4.59. The van der Waals surface area contributed by atoms with Gasteiger partial charge in [-0.3, -0.25) is 0 Å². The van der Waals surface area contributed by atoms with Gasteiger partial charge in [0.25, 0.3) is 0 Å². The summed E-state index contributed by atoms with van der Waals surface area (Å²) in [6.45, 7) is 6.71. The second-order valence-corrected chi connectivity index (χ2v) is 6.62. The molecule has 1 aliphatic rings. The van der Waals surface area contributed by atoms with Gasteiger partial charge in [0.2, 0.25) is 0 Å². The van der Waals surface area contributed by atoms with Gasteiger partial charge in [-0.05, 0) is 38.1 Å². The molecule has 2 rings (SSSR count). The van der Waals surface area contributed by atoms with Crippen molar-refractivity contribution in [1.29, 1.82) is 0 Å². The van der Waals surface area contributed by atoms with Gasteiger partial charge in [0.15, 0.2) is 0 Å². The summed E-state index contributed by atoms with van der Waals surface area (Å²) in [6.07, 6.45) is 16.1. The summed E-state index contributed by atoms with van der Waals surface area (Å²) in [7, 11) is 0. The highest BCUT2D eigenvalue weighted by atomic mass is 15.1. The Morgan fingerprint density at radius 2 is 2.10 bits per heavy atom. The molecule has 1 N–H and O–H groups in total. The number of rotatable bonds is 10. The molecule has 1 fully saturated rings. The number of aromatic nitrogens is 2. The third kappa shape index (κ3) is 5.46. The Balaban J connectivity index is 1.86. The average molecular weight is 291 g/mol. The van der Waals surface area contributed by atoms with E-state index in [0.29, 0.717) is 6.04 Å². The Kier molecular flexibility index (Phi) is 7.28. The van der Waals surface area contributed by atoms with E-state index in [1.54, 1.807) is 0 Å². The highest BCUT2D eigenvalue weighted by Crippen LogP contribution is 2.29. The van der Waals surface area contributed by atoms with E-state index in [4.69, 9.17) is 0 Å². The summed E-state index contributed by atoms with van der Waals surface area (Å²) < 4.78 is 2.33. The van der Waals surface area contributed by atoms with Gasteiger partial charge in [0.05, 0.1) is 0 Å². The van der Waals surface area contributed by atoms with Crippen LogP contribution >= 0.6 is 0 Å². The zero-order valence-corrected chi connectivity index (χ0v) is 14.0. The molecule has 0 spiro atoms. The lowest BCUT2D eigenvalue weighted by molar-refractivity contribution is 0.395. The lowest BCUT2D eigenvalue weighted by Gasteiger charge is -2.20. The SMILES string of the molecule is CCCNC(CCC1CCCC1)Cc1nccn1CCC. The van der Waals surface area contributed by atoms with Gasteiger partial charge in [-0.2, -0.15) is 0 Å². The molecule has 1 heterocycles. The Morgan fingerprint density at radius 1 is 1.29 bits per heavy atom. The van der Waals surface area contributed by atoms with E-state index in [2.05, 4.69) is 34.9 Å². The molecule has 0 amide bonds. The Bertz CT molecular complexity index is 380. The van der Waals surface area contributed by atoms with Crippen molar-refractivity contribution in [2.24, 2.45) is 5.92 Å². The zero-order chi connectivity index (χ0) is 14.9. The molecule has 1 aromatic rings. The topological polar surface area (TPSA) is 29.9 Å². The van der Waals surface area contributed by atoms with E-state index in [-0.39, 0.29) is 0 Å². The highest BCUT2D eigenvalue weighted by Gasteiger charge is 2.18. The first kappa shape index (κ1) is 16.5. The van der Waals surface area contributed by atoms with Crippen molar-refractivity contribution in [2.75, 3.05) is 6.54 Å². The van der Waals surface area contributed by atoms with Gasteiger partial charge >= 0.3 is 0 Å². The van der Waals surface area contributed by atoms with Gasteiger partial charge in [0, 0.05) is 31.4 Å². The van der Waals surface area contributed by atoms with Crippen molar-refractivity contribution in [1.82, 2.24) is 14.9 Å². The summed E-state index contributed by atoms with van der Waals surface area (Å²) in [5.41, 5.74) is 0. The Morgan fingerprint density at radius 3 is 2.81 bits per heavy atom. The van der Waals surface area contributed by atoms with Crippen molar-refractivity contribution >= 4 is 0 Å². The van der Waals surface area contributed by atoms with Crippen LogP contribution in [-0.2, 0) is 13.0 Å². The summed E-state index contributed by atoms with van der Waals surface area (Å²) in [5, 5.41) is 3.75. The predicted molar refractivity (Wildman–Crippen MR) is 89.5 cm³/mol. The molecule has 0 aliphatic heterocycles. The van der Waals surface area contributed by atoms with Crippen molar-refractivity contribution in [3.05, 3.63) is 18.2 Å². The molecule has 0 radical (unpaired) electrons. The van der Waals surface area contributed by atoms with Gasteiger partial charge < -0.3 is 9.88 Å². The molecular weight excluding hydrogens is 258 g/mol. The van der Waals surface area contributed by atoms with Gasteiger partial charge in [-0.1, -0.05) is 39.5 Å². The highest BCUT2D eigenvalue weighted by molar-refractivity contribution is 4.96. The molecule has 1 aromatic heterocycles. The summed E-state index contributed by atoms with van der Waals surface area (Å²) in [6, 6.07) is 0.601. The normalized spacial score (nSPS) is 17.4. The number of hydrogen-bond donors (Lipinski definition) is 1. The van der Waals surface area contributed by atoms with Crippen molar-refractivity contribution in [2.45, 2.75) is 84.2 Å². The van der Waals surface area contributed by atoms with E-state index in [9.17, 15) is 0 Å². The van der Waals surface area contributed by atoms with Crippen LogP contribution in [-0.4, -0.2) is 22.1 Å². The molecule has 0 saturated heterocycles. The summed E-state index contributed by atoms with van der Waals surface area (Å²) in [5.74, 6) is 2.25. The van der Waals surface area contributed by atoms with Gasteiger partial charge in [0.1, 0.15) is 5.82 Å². The van der Waals surface area contributed by atoms with Gasteiger partial charge in [-0.15, -0.1) is 0 Å². The van der Waals surface area contributed by atoms with E-state index in [0.717, 1.165) is 25.4 Å². The van der Waals surface area contributed by atoms with Crippen LogP contribution in [0.4, 0.5) is 0 Å². The van der Waals surface area contributed by atoms with Crippen LogP contribution in [0.3, 0.4) is 0 Å². The molecule has 0 bridgehead atoms. The fourth-order valence-electron chi connectivity index (χ4n) is 3.56. The lowest BCUT2D eigenvalue weighted by Crippen LogP contribution is -2.33. The first-order valence-electron chi connectivity index (χ1n) is 9.06. The van der Waals surface area contributed by atoms with Crippen LogP contribution in [0.2, 0.25) is 0 Å². The van der Waals surface area contributed by atoms with Crippen LogP contribution in [0, 0.1) is 5.92 Å². The van der Waals surface area contributed by atoms with Crippen LogP contribution in [0.15, 0.2) is 12.4 Å². The number of nitrogens with one attached hydrogen (secondary N) is 1. The molecule has 1 atom stereocenters. The van der Waals surface area contributed by atoms with Gasteiger partial charge in [-0.25, -0.2) is 4.98 Å². The fraction of sp³-hybridized carbons (Fsp3) is 0.833. The minimum absolute atomic E-state index is 0.601. The number of hydrogen-bond acceptors (Lipinski definition) is 2. The molecule has 0 aromatic carbocycles. The number of nitrogens with zero attached hydrogens (tertiary/aromatic N) is 2. The Hall–Kier alpha value is -0.830. The second-order valence-electron chi connectivity index (χ2n) is 6.62. The monoisotopic (exact) mass is 291 g/mol. The average Bonchev–Trinajstić information content (AvgIpc) is 3.14. The zero-order valence-electron chi connectivity index (χ0n) is 14.0. The molecule has 3 nitrogen and oxygen atoms in total. The molecule has 1 aliphatic carbocycles. The van der Waals surface area contributed by atoms with Crippen molar-refractivity contribution in [3.63, 3.8) is 0 Å². The van der Waals surface area contributed by atoms with E-state index < -0.39 is 0 Å². The van der Waals surface area contributed by atoms with E-state index in [1.807, 2.05) is 6.20 Å². The first-order chi connectivity index (χ1) is 10.3. The summed E-state index contributed by atoms with van der Waals surface area (Å²) in [4.78, 5) is 4.59. The van der Waals surface area contributed by atoms with E-state index >= 15 is 0 Å².